The maximum absolute atomic E-state index is 13.3. The second kappa shape index (κ2) is 9.51. The molecule has 1 unspecified atom stereocenters. The van der Waals surface area contributed by atoms with Crippen molar-refractivity contribution in [3.63, 3.8) is 0 Å². The number of hydrogen-bond donors (Lipinski definition) is 1. The Balaban J connectivity index is 2.29. The highest BCUT2D eigenvalue weighted by Crippen LogP contribution is 2.53. The molecule has 0 saturated carbocycles. The molecule has 0 aliphatic rings. The van der Waals surface area contributed by atoms with Crippen molar-refractivity contribution < 1.29 is 13.6 Å². The highest BCUT2D eigenvalue weighted by Gasteiger charge is 2.43. The molecule has 0 spiro atoms. The molecule has 0 aliphatic heterocycles. The van der Waals surface area contributed by atoms with Crippen LogP contribution in [-0.2, 0) is 19.2 Å². The Hall–Kier alpha value is -2.23. The number of nitrogens with one attached hydrogen (secondary N) is 1. The first-order chi connectivity index (χ1) is 14.1. The lowest BCUT2D eigenvalue weighted by Crippen LogP contribution is -2.49. The maximum atomic E-state index is 13.3. The zero-order chi connectivity index (χ0) is 20.7. The normalized spacial score (nSPS) is 13.2. The van der Waals surface area contributed by atoms with E-state index in [1.807, 2.05) is 61.5 Å². The van der Waals surface area contributed by atoms with Gasteiger partial charge in [-0.15, -0.1) is 0 Å². The third-order valence-electron chi connectivity index (χ3n) is 5.28. The Bertz CT molecular complexity index is 827. The lowest BCUT2D eigenvalue weighted by atomic mass is 9.77. The average Bonchev–Trinajstić information content (AvgIpc) is 2.81. The number of benzene rings is 3. The summed E-state index contributed by atoms with van der Waals surface area (Å²) >= 11 is 0. The summed E-state index contributed by atoms with van der Waals surface area (Å²) in [5, 5.41) is 3.70. The zero-order valence-electron chi connectivity index (χ0n) is 17.1. The fourth-order valence-corrected chi connectivity index (χ4v) is 5.26. The smallest absolute Gasteiger partial charge is 0.311 e. The van der Waals surface area contributed by atoms with Gasteiger partial charge in [0.1, 0.15) is 5.78 Å². The van der Waals surface area contributed by atoms with E-state index in [4.69, 9.17) is 9.05 Å². The Morgan fingerprint density at radius 2 is 1.10 bits per heavy atom. The largest absolute Gasteiger partial charge is 0.346 e. The van der Waals surface area contributed by atoms with Gasteiger partial charge in [0.2, 0.25) is 0 Å². The van der Waals surface area contributed by atoms with Crippen LogP contribution in [0.25, 0.3) is 0 Å². The van der Waals surface area contributed by atoms with Crippen molar-refractivity contribution in [3.8, 4) is 0 Å². The Labute approximate surface area is 173 Å². The standard InChI is InChI=1S/C24H28NO3P/c1-4-23(29(26,27-2)28-3)25-24(20-14-8-5-9-15-20,21-16-10-6-11-17-21)22-18-12-7-13-19-22/h5-19,23,25H,4H2,1-3H3. The third kappa shape index (κ3) is 4.22. The maximum Gasteiger partial charge on any atom is 0.346 e. The van der Waals surface area contributed by atoms with Crippen LogP contribution in [0.5, 0.6) is 0 Å². The second-order valence-corrected chi connectivity index (χ2v) is 9.25. The van der Waals surface area contributed by atoms with E-state index in [9.17, 15) is 4.57 Å². The predicted octanol–water partition coefficient (Wildman–Crippen LogP) is 5.79. The van der Waals surface area contributed by atoms with Crippen LogP contribution >= 0.6 is 7.60 Å². The lowest BCUT2D eigenvalue weighted by Gasteiger charge is -2.41. The third-order valence-corrected chi connectivity index (χ3v) is 7.56. The van der Waals surface area contributed by atoms with Gasteiger partial charge in [0, 0.05) is 14.2 Å². The molecule has 1 N–H and O–H groups in total. The van der Waals surface area contributed by atoms with Crippen molar-refractivity contribution in [2.75, 3.05) is 14.2 Å². The molecule has 0 heterocycles. The molecule has 3 aromatic rings. The van der Waals surface area contributed by atoms with Gasteiger partial charge in [0.15, 0.2) is 0 Å². The molecule has 4 nitrogen and oxygen atoms in total. The molecule has 152 valence electrons. The van der Waals surface area contributed by atoms with Crippen molar-refractivity contribution >= 4 is 7.60 Å². The van der Waals surface area contributed by atoms with Crippen molar-refractivity contribution in [1.29, 1.82) is 0 Å². The minimum absolute atomic E-state index is 0.502. The highest BCUT2D eigenvalue weighted by molar-refractivity contribution is 7.54. The van der Waals surface area contributed by atoms with Crippen molar-refractivity contribution in [2.45, 2.75) is 24.7 Å². The number of hydrogen-bond acceptors (Lipinski definition) is 4. The molecule has 0 amide bonds. The average molecular weight is 409 g/mol. The van der Waals surface area contributed by atoms with Crippen LogP contribution in [0, 0.1) is 0 Å². The summed E-state index contributed by atoms with van der Waals surface area (Å²) in [7, 11) is -0.491. The van der Waals surface area contributed by atoms with Crippen LogP contribution in [0.4, 0.5) is 0 Å². The van der Waals surface area contributed by atoms with Gasteiger partial charge in [-0.2, -0.15) is 0 Å². The molecule has 1 atom stereocenters. The van der Waals surface area contributed by atoms with E-state index < -0.39 is 18.9 Å². The molecular formula is C24H28NO3P. The summed E-state index contributed by atoms with van der Waals surface area (Å²) < 4.78 is 24.1. The van der Waals surface area contributed by atoms with Gasteiger partial charge in [0.25, 0.3) is 0 Å². The topological polar surface area (TPSA) is 47.6 Å². The zero-order valence-corrected chi connectivity index (χ0v) is 18.0. The first-order valence-electron chi connectivity index (χ1n) is 9.76. The van der Waals surface area contributed by atoms with Crippen LogP contribution in [0.3, 0.4) is 0 Å². The van der Waals surface area contributed by atoms with E-state index in [1.165, 1.54) is 14.2 Å². The van der Waals surface area contributed by atoms with E-state index in [-0.39, 0.29) is 0 Å². The van der Waals surface area contributed by atoms with Crippen LogP contribution < -0.4 is 5.32 Å². The molecule has 0 bridgehead atoms. The van der Waals surface area contributed by atoms with Gasteiger partial charge in [-0.1, -0.05) is 97.9 Å². The van der Waals surface area contributed by atoms with Crippen LogP contribution in [0.2, 0.25) is 0 Å². The summed E-state index contributed by atoms with van der Waals surface area (Å²) in [6.07, 6.45) is 0.577. The number of rotatable bonds is 9. The Morgan fingerprint density at radius 1 is 0.759 bits per heavy atom. The molecule has 0 aliphatic carbocycles. The van der Waals surface area contributed by atoms with E-state index in [0.29, 0.717) is 6.42 Å². The SMILES string of the molecule is CCC(NC(c1ccccc1)(c1ccccc1)c1ccccc1)P(=O)(OC)OC. The molecule has 3 aromatic carbocycles. The molecule has 5 heteroatoms. The molecular weight excluding hydrogens is 381 g/mol. The predicted molar refractivity (Wildman–Crippen MR) is 118 cm³/mol. The fourth-order valence-electron chi connectivity index (χ4n) is 3.80. The van der Waals surface area contributed by atoms with E-state index in [1.54, 1.807) is 0 Å². The summed E-state index contributed by atoms with van der Waals surface area (Å²) in [5.41, 5.74) is 2.43. The summed E-state index contributed by atoms with van der Waals surface area (Å²) in [4.78, 5) is 0. The summed E-state index contributed by atoms with van der Waals surface area (Å²) in [6, 6.07) is 30.6. The molecule has 0 fully saturated rings. The molecule has 3 rings (SSSR count). The minimum Gasteiger partial charge on any atom is -0.311 e. The molecule has 0 radical (unpaired) electrons. The Kier molecular flexibility index (Phi) is 7.05. The highest BCUT2D eigenvalue weighted by atomic mass is 31.2. The van der Waals surface area contributed by atoms with Gasteiger partial charge >= 0.3 is 7.60 Å². The van der Waals surface area contributed by atoms with E-state index in [2.05, 4.69) is 41.7 Å². The van der Waals surface area contributed by atoms with Gasteiger partial charge in [-0.3, -0.25) is 9.88 Å². The van der Waals surface area contributed by atoms with Crippen molar-refractivity contribution in [3.05, 3.63) is 108 Å². The van der Waals surface area contributed by atoms with Crippen LogP contribution in [-0.4, -0.2) is 20.0 Å². The van der Waals surface area contributed by atoms with Gasteiger partial charge < -0.3 is 9.05 Å². The molecule has 0 aromatic heterocycles. The monoisotopic (exact) mass is 409 g/mol. The van der Waals surface area contributed by atoms with Crippen molar-refractivity contribution in [2.24, 2.45) is 0 Å². The van der Waals surface area contributed by atoms with Gasteiger partial charge in [0.05, 0.1) is 5.54 Å². The second-order valence-electron chi connectivity index (χ2n) is 6.82. The van der Waals surface area contributed by atoms with Gasteiger partial charge in [-0.05, 0) is 23.1 Å². The van der Waals surface area contributed by atoms with E-state index >= 15 is 0 Å². The minimum atomic E-state index is -3.36. The first-order valence-corrected chi connectivity index (χ1v) is 11.4. The molecule has 0 saturated heterocycles. The quantitative estimate of drug-likeness (QED) is 0.359. The molecule has 29 heavy (non-hydrogen) atoms. The van der Waals surface area contributed by atoms with Gasteiger partial charge in [-0.25, -0.2) is 0 Å². The fraction of sp³-hybridized carbons (Fsp3) is 0.250. The van der Waals surface area contributed by atoms with Crippen molar-refractivity contribution in [1.82, 2.24) is 5.32 Å². The van der Waals surface area contributed by atoms with Crippen LogP contribution in [0.1, 0.15) is 30.0 Å². The van der Waals surface area contributed by atoms with E-state index in [0.717, 1.165) is 16.7 Å². The van der Waals surface area contributed by atoms with Crippen LogP contribution in [0.15, 0.2) is 91.0 Å². The first kappa shape index (κ1) is 21.5. The summed E-state index contributed by atoms with van der Waals surface area (Å²) in [5.74, 6) is -0.502. The lowest BCUT2D eigenvalue weighted by molar-refractivity contribution is 0.249. The summed E-state index contributed by atoms with van der Waals surface area (Å²) in [6.45, 7) is 1.98. The Morgan fingerprint density at radius 3 is 1.38 bits per heavy atom.